The fraction of sp³-hybridized carbons (Fsp3) is 0.480. The van der Waals surface area contributed by atoms with Crippen LogP contribution in [0.1, 0.15) is 73.5 Å². The number of fused-ring (bicyclic) bond motifs is 2. The second kappa shape index (κ2) is 4.50. The summed E-state index contributed by atoms with van der Waals surface area (Å²) in [6.45, 7) is 0. The number of Topliss-reactive ketones (excluding diaryl/α,β-unsaturated/α-hetero) is 1. The lowest BCUT2D eigenvalue weighted by molar-refractivity contribution is -0.123. The summed E-state index contributed by atoms with van der Waals surface area (Å²) in [7, 11) is 0. The van der Waals surface area contributed by atoms with Crippen molar-refractivity contribution in [3.63, 3.8) is 0 Å². The van der Waals surface area contributed by atoms with Crippen LogP contribution in [0.4, 0.5) is 0 Å². The maximum Gasteiger partial charge on any atom is 0.141 e. The Bertz CT molecular complexity index is 1040. The van der Waals surface area contributed by atoms with Gasteiger partial charge in [-0.1, -0.05) is 41.5 Å². The van der Waals surface area contributed by atoms with Crippen LogP contribution >= 0.6 is 0 Å². The molecule has 1 fully saturated rings. The largest absolute Gasteiger partial charge is 0.299 e. The molecule has 0 saturated heterocycles. The van der Waals surface area contributed by atoms with Crippen LogP contribution in [0.5, 0.6) is 0 Å². The van der Waals surface area contributed by atoms with Crippen LogP contribution in [0.2, 0.25) is 0 Å². The van der Waals surface area contributed by atoms with Gasteiger partial charge in [0.05, 0.1) is 5.92 Å². The fourth-order valence-corrected chi connectivity index (χ4v) is 7.62. The van der Waals surface area contributed by atoms with Gasteiger partial charge in [0, 0.05) is 11.8 Å². The van der Waals surface area contributed by atoms with E-state index in [-0.39, 0.29) is 11.3 Å². The van der Waals surface area contributed by atoms with Gasteiger partial charge in [0.15, 0.2) is 0 Å². The van der Waals surface area contributed by atoms with E-state index in [1.54, 1.807) is 11.1 Å². The fourth-order valence-electron chi connectivity index (χ4n) is 7.62. The third-order valence-electron chi connectivity index (χ3n) is 8.66. The molecule has 1 nitrogen and oxygen atoms in total. The molecule has 1 saturated carbocycles. The van der Waals surface area contributed by atoms with Crippen LogP contribution in [0.3, 0.4) is 0 Å². The number of carbonyl (C=O) groups is 1. The van der Waals surface area contributed by atoms with Crippen LogP contribution < -0.4 is 0 Å². The monoisotopic (exact) mass is 340 g/mol. The first kappa shape index (κ1) is 14.2. The number of aryl methyl sites for hydroxylation is 1. The molecule has 0 N–H and O–H groups in total. The van der Waals surface area contributed by atoms with E-state index in [2.05, 4.69) is 30.3 Å². The highest BCUT2D eigenvalue weighted by atomic mass is 16.1. The van der Waals surface area contributed by atoms with Gasteiger partial charge in [-0.2, -0.15) is 0 Å². The highest BCUT2D eigenvalue weighted by molar-refractivity contribution is 5.93. The number of rotatable bonds is 0. The molecule has 4 unspecified atom stereocenters. The van der Waals surface area contributed by atoms with Crippen molar-refractivity contribution in [2.45, 2.75) is 63.2 Å². The molecule has 0 aliphatic heterocycles. The molecule has 6 aliphatic carbocycles. The molecule has 0 heterocycles. The molecule has 4 atom stereocenters. The Kier molecular flexibility index (Phi) is 2.46. The molecule has 0 amide bonds. The Hall–Kier alpha value is -1.89. The third kappa shape index (κ3) is 1.54. The number of carbonyl (C=O) groups excluding carboxylic acids is 1. The first-order chi connectivity index (χ1) is 12.7. The van der Waals surface area contributed by atoms with Gasteiger partial charge in [-0.15, -0.1) is 0 Å². The summed E-state index contributed by atoms with van der Waals surface area (Å²) < 4.78 is 0. The van der Waals surface area contributed by atoms with E-state index in [1.165, 1.54) is 66.0 Å². The van der Waals surface area contributed by atoms with Crippen molar-refractivity contribution in [1.29, 1.82) is 0 Å². The Labute approximate surface area is 154 Å². The summed E-state index contributed by atoms with van der Waals surface area (Å²) in [6, 6.07) is 12.0. The van der Waals surface area contributed by atoms with Crippen molar-refractivity contribution in [2.24, 2.45) is 11.3 Å². The van der Waals surface area contributed by atoms with Gasteiger partial charge in [0.25, 0.3) is 0 Å². The number of allylic oxidation sites excluding steroid dienone is 2. The molecule has 26 heavy (non-hydrogen) atoms. The SMILES string of the molecule is O=C1CCc2cc3ccc4cc3cc2C1C12CCC(C1)C1=C2CCC4C1. The second-order valence-corrected chi connectivity index (χ2v) is 9.60. The zero-order valence-electron chi connectivity index (χ0n) is 15.2. The normalized spacial score (nSPS) is 36.5. The van der Waals surface area contributed by atoms with E-state index in [1.807, 2.05) is 0 Å². The molecule has 8 bridgehead atoms. The van der Waals surface area contributed by atoms with Crippen molar-refractivity contribution in [3.8, 4) is 0 Å². The molecule has 1 heteroatoms. The van der Waals surface area contributed by atoms with Gasteiger partial charge in [-0.05, 0) is 84.2 Å². The zero-order valence-corrected chi connectivity index (χ0v) is 15.2. The lowest BCUT2D eigenvalue weighted by Crippen LogP contribution is -2.36. The number of hydrogen-bond acceptors (Lipinski definition) is 1. The van der Waals surface area contributed by atoms with Crippen LogP contribution in [0, 0.1) is 11.3 Å². The Morgan fingerprint density at radius 3 is 2.85 bits per heavy atom. The van der Waals surface area contributed by atoms with Crippen molar-refractivity contribution in [2.75, 3.05) is 0 Å². The summed E-state index contributed by atoms with van der Waals surface area (Å²) in [5.74, 6) is 2.14. The highest BCUT2D eigenvalue weighted by Gasteiger charge is 2.58. The van der Waals surface area contributed by atoms with Gasteiger partial charge < -0.3 is 0 Å². The van der Waals surface area contributed by atoms with E-state index in [4.69, 9.17) is 0 Å². The maximum atomic E-state index is 13.3. The van der Waals surface area contributed by atoms with Gasteiger partial charge >= 0.3 is 0 Å². The van der Waals surface area contributed by atoms with Crippen molar-refractivity contribution < 1.29 is 4.79 Å². The van der Waals surface area contributed by atoms with Gasteiger partial charge in [0.2, 0.25) is 0 Å². The molecule has 8 rings (SSSR count). The minimum atomic E-state index is 0.145. The number of benzene rings is 2. The predicted octanol–water partition coefficient (Wildman–Crippen LogP) is 5.82. The Morgan fingerprint density at radius 2 is 1.88 bits per heavy atom. The lowest BCUT2D eigenvalue weighted by Gasteiger charge is -2.43. The van der Waals surface area contributed by atoms with E-state index in [0.717, 1.165) is 18.8 Å². The predicted molar refractivity (Wildman–Crippen MR) is 103 cm³/mol. The van der Waals surface area contributed by atoms with Crippen LogP contribution in [0.15, 0.2) is 41.5 Å². The Morgan fingerprint density at radius 1 is 0.923 bits per heavy atom. The van der Waals surface area contributed by atoms with E-state index in [0.29, 0.717) is 11.7 Å². The first-order valence-electron chi connectivity index (χ1n) is 10.5. The van der Waals surface area contributed by atoms with Gasteiger partial charge in [0.1, 0.15) is 5.78 Å². The van der Waals surface area contributed by atoms with Crippen LogP contribution in [-0.4, -0.2) is 5.78 Å². The van der Waals surface area contributed by atoms with Crippen LogP contribution in [0.25, 0.3) is 10.8 Å². The highest BCUT2D eigenvalue weighted by Crippen LogP contribution is 2.68. The number of hydrogen-bond donors (Lipinski definition) is 0. The number of ketones is 1. The quantitative estimate of drug-likeness (QED) is 0.553. The summed E-state index contributed by atoms with van der Waals surface area (Å²) >= 11 is 0. The standard InChI is InChI=1S/C25H24O/c26-23-6-4-17-9-15-2-1-14-10-19(15)12-21(17)24(23)25-8-7-18(13-25)20-11-16(14)3-5-22(20)25/h1-2,9-10,12,16,18,24H,3-8,11,13H2. The van der Waals surface area contributed by atoms with Crippen molar-refractivity contribution in [3.05, 3.63) is 58.2 Å². The summed E-state index contributed by atoms with van der Waals surface area (Å²) in [5, 5.41) is 2.73. The average molecular weight is 340 g/mol. The molecule has 0 radical (unpaired) electrons. The molecular weight excluding hydrogens is 316 g/mol. The molecular formula is C25H24O. The minimum absolute atomic E-state index is 0.145. The van der Waals surface area contributed by atoms with Crippen molar-refractivity contribution in [1.82, 2.24) is 0 Å². The molecule has 130 valence electrons. The Balaban J connectivity index is 1.62. The summed E-state index contributed by atoms with van der Waals surface area (Å²) in [4.78, 5) is 13.3. The minimum Gasteiger partial charge on any atom is -0.299 e. The zero-order chi connectivity index (χ0) is 17.0. The van der Waals surface area contributed by atoms with E-state index < -0.39 is 0 Å². The average Bonchev–Trinajstić information content (AvgIpc) is 3.23. The smallest absolute Gasteiger partial charge is 0.141 e. The molecule has 1 spiro atoms. The molecule has 2 aromatic rings. The maximum absolute atomic E-state index is 13.3. The van der Waals surface area contributed by atoms with E-state index in [9.17, 15) is 4.79 Å². The summed E-state index contributed by atoms with van der Waals surface area (Å²) in [5.41, 5.74) is 8.08. The molecule has 0 aromatic heterocycles. The summed E-state index contributed by atoms with van der Waals surface area (Å²) in [6.07, 6.45) is 9.32. The van der Waals surface area contributed by atoms with Crippen LogP contribution in [-0.2, 0) is 11.2 Å². The topological polar surface area (TPSA) is 17.1 Å². The second-order valence-electron chi connectivity index (χ2n) is 9.60. The lowest BCUT2D eigenvalue weighted by atomic mass is 9.60. The van der Waals surface area contributed by atoms with Gasteiger partial charge in [-0.25, -0.2) is 0 Å². The first-order valence-corrected chi connectivity index (χ1v) is 10.5. The third-order valence-corrected chi connectivity index (χ3v) is 8.66. The molecule has 6 aliphatic rings. The van der Waals surface area contributed by atoms with Gasteiger partial charge in [-0.3, -0.25) is 4.79 Å². The van der Waals surface area contributed by atoms with Crippen molar-refractivity contribution >= 4 is 16.6 Å². The molecule has 2 aromatic carbocycles. The van der Waals surface area contributed by atoms with E-state index >= 15 is 0 Å².